The van der Waals surface area contributed by atoms with Crippen LogP contribution in [0.5, 0.6) is 0 Å². The van der Waals surface area contributed by atoms with Gasteiger partial charge in [0, 0.05) is 25.3 Å². The minimum Gasteiger partial charge on any atom is -0.365 e. The Balaban J connectivity index is 1.81. The molecule has 3 rings (SSSR count). The van der Waals surface area contributed by atoms with Crippen molar-refractivity contribution < 1.29 is 9.53 Å². The molecule has 20 heavy (non-hydrogen) atoms. The Morgan fingerprint density at radius 3 is 2.70 bits per heavy atom. The summed E-state index contributed by atoms with van der Waals surface area (Å²) in [5.74, 6) is 0.708. The Morgan fingerprint density at radius 1 is 1.25 bits per heavy atom. The van der Waals surface area contributed by atoms with Crippen LogP contribution < -0.4 is 4.90 Å². The predicted molar refractivity (Wildman–Crippen MR) is 78.7 cm³/mol. The lowest BCUT2D eigenvalue weighted by Gasteiger charge is -2.36. The number of benzene rings is 1. The quantitative estimate of drug-likeness (QED) is 0.842. The first kappa shape index (κ1) is 13.6. The van der Waals surface area contributed by atoms with Crippen molar-refractivity contribution in [3.63, 3.8) is 0 Å². The van der Waals surface area contributed by atoms with Gasteiger partial charge in [0.05, 0.1) is 12.1 Å². The third kappa shape index (κ3) is 2.58. The van der Waals surface area contributed by atoms with E-state index in [1.165, 1.54) is 0 Å². The molecule has 0 bridgehead atoms. The smallest absolute Gasteiger partial charge is 0.253 e. The van der Waals surface area contributed by atoms with Gasteiger partial charge in [-0.3, -0.25) is 9.69 Å². The maximum absolute atomic E-state index is 12.2. The van der Waals surface area contributed by atoms with Crippen LogP contribution in [0.3, 0.4) is 0 Å². The first-order valence-corrected chi connectivity index (χ1v) is 7.36. The third-order valence-corrected chi connectivity index (χ3v) is 3.99. The second-order valence-corrected chi connectivity index (χ2v) is 6.13. The van der Waals surface area contributed by atoms with Gasteiger partial charge < -0.3 is 9.64 Å². The molecule has 2 atom stereocenters. The van der Waals surface area contributed by atoms with Crippen molar-refractivity contribution in [3.05, 3.63) is 30.3 Å². The fraction of sp³-hybridized carbons (Fsp3) is 0.562. The van der Waals surface area contributed by atoms with E-state index in [9.17, 15) is 4.79 Å². The van der Waals surface area contributed by atoms with Crippen molar-refractivity contribution in [2.45, 2.75) is 26.0 Å². The van der Waals surface area contributed by atoms with Gasteiger partial charge in [0.25, 0.3) is 5.91 Å². The molecule has 0 aliphatic carbocycles. The summed E-state index contributed by atoms with van der Waals surface area (Å²) in [4.78, 5) is 16.6. The molecule has 1 aromatic rings. The number of nitrogens with zero attached hydrogens (tertiary/aromatic N) is 2. The Bertz CT molecular complexity index is 475. The Hall–Kier alpha value is -1.39. The summed E-state index contributed by atoms with van der Waals surface area (Å²) in [6, 6.07) is 10.1. The molecule has 2 fully saturated rings. The lowest BCUT2D eigenvalue weighted by molar-refractivity contribution is -0.130. The fourth-order valence-corrected chi connectivity index (χ4v) is 3.27. The van der Waals surface area contributed by atoms with E-state index < -0.39 is 0 Å². The van der Waals surface area contributed by atoms with Gasteiger partial charge in [-0.1, -0.05) is 32.0 Å². The fourth-order valence-electron chi connectivity index (χ4n) is 3.27. The first-order valence-electron chi connectivity index (χ1n) is 7.36. The van der Waals surface area contributed by atoms with E-state index in [-0.39, 0.29) is 24.7 Å². The van der Waals surface area contributed by atoms with Crippen LogP contribution in [-0.4, -0.2) is 49.2 Å². The highest BCUT2D eigenvalue weighted by Crippen LogP contribution is 2.28. The summed E-state index contributed by atoms with van der Waals surface area (Å²) < 4.78 is 5.74. The second-order valence-electron chi connectivity index (χ2n) is 6.13. The number of hydrogen-bond acceptors (Lipinski definition) is 3. The number of morpholine rings is 1. The molecule has 0 N–H and O–H groups in total. The number of carbonyl (C=O) groups is 1. The molecule has 0 unspecified atom stereocenters. The maximum Gasteiger partial charge on any atom is 0.253 e. The molecule has 0 spiro atoms. The molecule has 4 nitrogen and oxygen atoms in total. The summed E-state index contributed by atoms with van der Waals surface area (Å²) in [7, 11) is 0. The topological polar surface area (TPSA) is 32.8 Å². The summed E-state index contributed by atoms with van der Waals surface area (Å²) in [6.45, 7) is 7.55. The van der Waals surface area contributed by atoms with Crippen LogP contribution >= 0.6 is 0 Å². The zero-order valence-electron chi connectivity index (χ0n) is 12.2. The van der Waals surface area contributed by atoms with E-state index in [1.54, 1.807) is 0 Å². The average Bonchev–Trinajstić information content (AvgIpc) is 2.81. The van der Waals surface area contributed by atoms with Crippen LogP contribution in [0.1, 0.15) is 13.8 Å². The highest BCUT2D eigenvalue weighted by Gasteiger charge is 2.43. The monoisotopic (exact) mass is 274 g/mol. The van der Waals surface area contributed by atoms with Gasteiger partial charge in [-0.2, -0.15) is 0 Å². The number of hydrogen-bond donors (Lipinski definition) is 0. The highest BCUT2D eigenvalue weighted by molar-refractivity contribution is 5.95. The lowest BCUT2D eigenvalue weighted by atomic mass is 10.1. The van der Waals surface area contributed by atoms with E-state index in [2.05, 4.69) is 18.7 Å². The van der Waals surface area contributed by atoms with Crippen LogP contribution in [-0.2, 0) is 9.53 Å². The third-order valence-electron chi connectivity index (χ3n) is 3.99. The summed E-state index contributed by atoms with van der Waals surface area (Å²) in [5, 5.41) is 0. The average molecular weight is 274 g/mol. The minimum absolute atomic E-state index is 0.0730. The molecule has 0 aromatic heterocycles. The standard InChI is InChI=1S/C16H22N2O2/c1-12(2)8-17-9-14-15(10-17)20-11-16(19)18(14)13-6-4-3-5-7-13/h3-7,12,14-15H,8-11H2,1-2H3/t14-,15+/m1/s1. The number of likely N-dealkylation sites (tertiary alicyclic amines) is 1. The molecule has 1 aromatic carbocycles. The van der Waals surface area contributed by atoms with Crippen LogP contribution in [0.4, 0.5) is 5.69 Å². The Labute approximate surface area is 120 Å². The zero-order valence-corrected chi connectivity index (χ0v) is 12.2. The number of rotatable bonds is 3. The highest BCUT2D eigenvalue weighted by atomic mass is 16.5. The first-order chi connectivity index (χ1) is 9.65. The summed E-state index contributed by atoms with van der Waals surface area (Å²) in [5.41, 5.74) is 0.988. The van der Waals surface area contributed by atoms with Crippen LogP contribution in [0.2, 0.25) is 0 Å². The van der Waals surface area contributed by atoms with Crippen molar-refractivity contribution in [2.24, 2.45) is 5.92 Å². The molecule has 0 radical (unpaired) electrons. The number of fused-ring (bicyclic) bond motifs is 1. The van der Waals surface area contributed by atoms with Gasteiger partial charge in [-0.25, -0.2) is 0 Å². The van der Waals surface area contributed by atoms with Gasteiger partial charge in [0.2, 0.25) is 0 Å². The van der Waals surface area contributed by atoms with Gasteiger partial charge in [0.1, 0.15) is 6.61 Å². The van der Waals surface area contributed by atoms with Gasteiger partial charge >= 0.3 is 0 Å². The minimum atomic E-state index is 0.0730. The molecule has 0 saturated carbocycles. The van der Waals surface area contributed by atoms with E-state index in [0.717, 1.165) is 25.3 Å². The number of anilines is 1. The van der Waals surface area contributed by atoms with E-state index in [0.29, 0.717) is 5.92 Å². The number of carbonyl (C=O) groups excluding carboxylic acids is 1. The van der Waals surface area contributed by atoms with E-state index in [1.807, 2.05) is 35.2 Å². The van der Waals surface area contributed by atoms with Crippen LogP contribution in [0.25, 0.3) is 0 Å². The molecule has 2 aliphatic rings. The van der Waals surface area contributed by atoms with E-state index in [4.69, 9.17) is 4.74 Å². The van der Waals surface area contributed by atoms with Crippen LogP contribution in [0, 0.1) is 5.92 Å². The predicted octanol–water partition coefficient (Wildman–Crippen LogP) is 1.76. The normalized spacial score (nSPS) is 27.1. The lowest BCUT2D eigenvalue weighted by Crippen LogP contribution is -2.54. The molecular weight excluding hydrogens is 252 g/mol. The van der Waals surface area contributed by atoms with Crippen molar-refractivity contribution in [3.8, 4) is 0 Å². The SMILES string of the molecule is CC(C)CN1C[C@@H]2OCC(=O)N(c3ccccc3)[C@@H]2C1. The molecule has 4 heteroatoms. The molecular formula is C16H22N2O2. The number of amides is 1. The number of para-hydroxylation sites is 1. The maximum atomic E-state index is 12.2. The second kappa shape index (κ2) is 5.54. The Morgan fingerprint density at radius 2 is 2.00 bits per heavy atom. The van der Waals surface area contributed by atoms with Crippen molar-refractivity contribution in [2.75, 3.05) is 31.1 Å². The van der Waals surface area contributed by atoms with E-state index >= 15 is 0 Å². The molecule has 108 valence electrons. The molecule has 2 heterocycles. The summed E-state index contributed by atoms with van der Waals surface area (Å²) >= 11 is 0. The van der Waals surface area contributed by atoms with Crippen molar-refractivity contribution in [1.29, 1.82) is 0 Å². The van der Waals surface area contributed by atoms with Crippen molar-refractivity contribution in [1.82, 2.24) is 4.90 Å². The number of ether oxygens (including phenoxy) is 1. The van der Waals surface area contributed by atoms with Gasteiger partial charge in [-0.05, 0) is 18.1 Å². The van der Waals surface area contributed by atoms with Gasteiger partial charge in [-0.15, -0.1) is 0 Å². The van der Waals surface area contributed by atoms with Crippen LogP contribution in [0.15, 0.2) is 30.3 Å². The zero-order chi connectivity index (χ0) is 14.1. The molecule has 2 aliphatic heterocycles. The Kier molecular flexibility index (Phi) is 3.76. The van der Waals surface area contributed by atoms with Crippen molar-refractivity contribution >= 4 is 11.6 Å². The molecule has 2 saturated heterocycles. The molecule has 1 amide bonds. The van der Waals surface area contributed by atoms with Gasteiger partial charge in [0.15, 0.2) is 0 Å². The summed E-state index contributed by atoms with van der Waals surface area (Å²) in [6.07, 6.45) is 0.145. The largest absolute Gasteiger partial charge is 0.365 e.